The Balaban J connectivity index is 1.46. The predicted molar refractivity (Wildman–Crippen MR) is 146 cm³/mol. The van der Waals surface area contributed by atoms with Gasteiger partial charge < -0.3 is 15.0 Å². The van der Waals surface area contributed by atoms with E-state index in [-0.39, 0.29) is 22.7 Å². The summed E-state index contributed by atoms with van der Waals surface area (Å²) >= 11 is 1.23. The normalized spacial score (nSPS) is 18.0. The number of aromatic amines is 1. The zero-order valence-corrected chi connectivity index (χ0v) is 21.6. The van der Waals surface area contributed by atoms with Gasteiger partial charge in [-0.2, -0.15) is 0 Å². The van der Waals surface area contributed by atoms with E-state index in [0.717, 1.165) is 58.3 Å². The fourth-order valence-electron chi connectivity index (χ4n) is 5.15. The Morgan fingerprint density at radius 2 is 1.67 bits per heavy atom. The number of fused-ring (bicyclic) bond motifs is 1. The summed E-state index contributed by atoms with van der Waals surface area (Å²) in [6.07, 6.45) is 5.51. The first-order chi connectivity index (χ1) is 17.3. The molecule has 0 saturated heterocycles. The molecule has 1 aliphatic rings. The van der Waals surface area contributed by atoms with Crippen LogP contribution in [-0.2, 0) is 4.79 Å². The Hall–Kier alpha value is -3.45. The number of anilines is 1. The van der Waals surface area contributed by atoms with Crippen LogP contribution in [0.2, 0.25) is 0 Å². The van der Waals surface area contributed by atoms with Gasteiger partial charge in [-0.25, -0.2) is 9.78 Å². The highest BCUT2D eigenvalue weighted by Gasteiger charge is 2.33. The van der Waals surface area contributed by atoms with Crippen LogP contribution < -0.4 is 4.90 Å². The van der Waals surface area contributed by atoms with E-state index in [0.29, 0.717) is 11.6 Å². The number of carboxylic acids is 1. The number of hydrogen-bond acceptors (Lipinski definition) is 4. The number of H-pyrrole nitrogens is 1. The van der Waals surface area contributed by atoms with Crippen LogP contribution in [0.4, 0.5) is 5.69 Å². The molecule has 0 unspecified atom stereocenters. The van der Waals surface area contributed by atoms with E-state index >= 15 is 0 Å². The van der Waals surface area contributed by atoms with Crippen LogP contribution in [-0.4, -0.2) is 33.0 Å². The standard InChI is InChI=1S/C29H31N3O3S/c1-17(2)32(28(33)21-6-4-18(3)5-7-21)25-15-26(36-27(25)29(34)35)20-10-8-19(9-11-20)22-12-13-23-24(14-22)31-16-30-23/h8-18,21H,4-7H2,1-3H3,(H,30,31)(H,34,35). The van der Waals surface area contributed by atoms with Crippen molar-refractivity contribution in [2.45, 2.75) is 52.5 Å². The van der Waals surface area contributed by atoms with Gasteiger partial charge in [-0.05, 0) is 80.3 Å². The molecule has 1 saturated carbocycles. The quantitative estimate of drug-likeness (QED) is 0.292. The molecule has 1 aliphatic carbocycles. The van der Waals surface area contributed by atoms with Gasteiger partial charge in [0.1, 0.15) is 4.88 Å². The molecule has 6 nitrogen and oxygen atoms in total. The van der Waals surface area contributed by atoms with Crippen molar-refractivity contribution in [3.05, 3.63) is 59.7 Å². The molecule has 0 bridgehead atoms. The second kappa shape index (κ2) is 9.90. The van der Waals surface area contributed by atoms with Crippen molar-refractivity contribution in [3.8, 4) is 21.6 Å². The van der Waals surface area contributed by atoms with Gasteiger partial charge in [-0.3, -0.25) is 4.79 Å². The number of carboxylic acid groups (broad SMARTS) is 1. The van der Waals surface area contributed by atoms with Gasteiger partial charge in [0, 0.05) is 16.8 Å². The van der Waals surface area contributed by atoms with Crippen molar-refractivity contribution in [2.24, 2.45) is 11.8 Å². The Morgan fingerprint density at radius 3 is 2.33 bits per heavy atom. The second-order valence-electron chi connectivity index (χ2n) is 10.1. The highest BCUT2D eigenvalue weighted by Crippen LogP contribution is 2.40. The minimum absolute atomic E-state index is 0.0419. The lowest BCUT2D eigenvalue weighted by molar-refractivity contribution is -0.123. The van der Waals surface area contributed by atoms with Crippen LogP contribution in [0.1, 0.15) is 56.1 Å². The van der Waals surface area contributed by atoms with E-state index in [4.69, 9.17) is 0 Å². The topological polar surface area (TPSA) is 86.3 Å². The van der Waals surface area contributed by atoms with Crippen molar-refractivity contribution in [3.63, 3.8) is 0 Å². The van der Waals surface area contributed by atoms with Crippen LogP contribution in [0.5, 0.6) is 0 Å². The average molecular weight is 502 g/mol. The zero-order valence-electron chi connectivity index (χ0n) is 20.8. The molecule has 1 fully saturated rings. The fraction of sp³-hybridized carbons (Fsp3) is 0.345. The summed E-state index contributed by atoms with van der Waals surface area (Å²) in [5, 5.41) is 10.0. The minimum atomic E-state index is -0.999. The zero-order chi connectivity index (χ0) is 25.4. The largest absolute Gasteiger partial charge is 0.477 e. The maximum atomic E-state index is 13.6. The van der Waals surface area contributed by atoms with Gasteiger partial charge in [0.05, 0.1) is 23.0 Å². The number of carbonyl (C=O) groups excluding carboxylic acids is 1. The third kappa shape index (κ3) is 4.67. The molecule has 186 valence electrons. The molecule has 0 atom stereocenters. The van der Waals surface area contributed by atoms with Crippen molar-refractivity contribution in [1.82, 2.24) is 9.97 Å². The fourth-order valence-corrected chi connectivity index (χ4v) is 6.14. The monoisotopic (exact) mass is 501 g/mol. The molecule has 1 amide bonds. The van der Waals surface area contributed by atoms with E-state index in [1.54, 1.807) is 11.2 Å². The molecule has 7 heteroatoms. The summed E-state index contributed by atoms with van der Waals surface area (Å²) in [4.78, 5) is 36.0. The molecule has 2 aromatic carbocycles. The number of nitrogens with zero attached hydrogens (tertiary/aromatic N) is 2. The number of thiophene rings is 1. The SMILES string of the molecule is CC1CCC(C(=O)N(c2cc(-c3ccc(-c4ccc5[nH]cnc5c4)cc3)sc2C(=O)O)C(C)C)CC1. The van der Waals surface area contributed by atoms with Crippen LogP contribution in [0, 0.1) is 11.8 Å². The number of benzene rings is 2. The summed E-state index contributed by atoms with van der Waals surface area (Å²) in [6.45, 7) is 6.14. The highest BCUT2D eigenvalue weighted by atomic mass is 32.1. The summed E-state index contributed by atoms with van der Waals surface area (Å²) < 4.78 is 0. The van der Waals surface area contributed by atoms with Crippen LogP contribution in [0.15, 0.2) is 54.9 Å². The van der Waals surface area contributed by atoms with Crippen LogP contribution in [0.25, 0.3) is 32.6 Å². The Bertz CT molecular complexity index is 1390. The maximum absolute atomic E-state index is 13.6. The predicted octanol–water partition coefficient (Wildman–Crippen LogP) is 7.22. The lowest BCUT2D eigenvalue weighted by Crippen LogP contribution is -2.42. The lowest BCUT2D eigenvalue weighted by Gasteiger charge is -2.33. The van der Waals surface area contributed by atoms with Crippen molar-refractivity contribution >= 4 is 39.9 Å². The molecule has 2 heterocycles. The first-order valence-corrected chi connectivity index (χ1v) is 13.4. The summed E-state index contributed by atoms with van der Waals surface area (Å²) in [5.74, 6) is -0.346. The number of aromatic carboxylic acids is 1. The summed E-state index contributed by atoms with van der Waals surface area (Å²) in [5.41, 5.74) is 5.48. The van der Waals surface area contributed by atoms with Crippen molar-refractivity contribution in [1.29, 1.82) is 0 Å². The average Bonchev–Trinajstić information content (AvgIpc) is 3.51. The molecule has 2 aromatic heterocycles. The maximum Gasteiger partial charge on any atom is 0.348 e. The minimum Gasteiger partial charge on any atom is -0.477 e. The number of amides is 1. The number of rotatable bonds is 6. The molecule has 0 radical (unpaired) electrons. The molecule has 4 aromatic rings. The smallest absolute Gasteiger partial charge is 0.348 e. The number of imidazole rings is 1. The molecular weight excluding hydrogens is 470 g/mol. The van der Waals surface area contributed by atoms with Gasteiger partial charge >= 0.3 is 5.97 Å². The number of nitrogens with one attached hydrogen (secondary N) is 1. The summed E-state index contributed by atoms with van der Waals surface area (Å²) in [7, 11) is 0. The molecule has 2 N–H and O–H groups in total. The van der Waals surface area contributed by atoms with Gasteiger partial charge in [-0.15, -0.1) is 11.3 Å². The molecular formula is C29H31N3O3S. The lowest BCUT2D eigenvalue weighted by atomic mass is 9.82. The molecule has 0 aliphatic heterocycles. The van der Waals surface area contributed by atoms with Crippen molar-refractivity contribution < 1.29 is 14.7 Å². The van der Waals surface area contributed by atoms with E-state index in [9.17, 15) is 14.7 Å². The van der Waals surface area contributed by atoms with Gasteiger partial charge in [0.15, 0.2) is 0 Å². The molecule has 0 spiro atoms. The Morgan fingerprint density at radius 1 is 1.00 bits per heavy atom. The first-order valence-electron chi connectivity index (χ1n) is 12.6. The van der Waals surface area contributed by atoms with Crippen molar-refractivity contribution in [2.75, 3.05) is 4.90 Å². The van der Waals surface area contributed by atoms with E-state index in [2.05, 4.69) is 23.0 Å². The van der Waals surface area contributed by atoms with Gasteiger partial charge in [0.25, 0.3) is 0 Å². The Kier molecular flexibility index (Phi) is 6.67. The van der Waals surface area contributed by atoms with Crippen LogP contribution in [0.3, 0.4) is 0 Å². The molecule has 5 rings (SSSR count). The van der Waals surface area contributed by atoms with Gasteiger partial charge in [-0.1, -0.05) is 37.3 Å². The number of hydrogen-bond donors (Lipinski definition) is 2. The number of carbonyl (C=O) groups is 2. The highest BCUT2D eigenvalue weighted by molar-refractivity contribution is 7.18. The van der Waals surface area contributed by atoms with Gasteiger partial charge in [0.2, 0.25) is 5.91 Å². The second-order valence-corrected chi connectivity index (χ2v) is 11.2. The molecule has 36 heavy (non-hydrogen) atoms. The van der Waals surface area contributed by atoms with Crippen LogP contribution >= 0.6 is 11.3 Å². The third-order valence-corrected chi connectivity index (χ3v) is 8.37. The Labute approximate surface area is 215 Å². The van der Waals surface area contributed by atoms with E-state index in [1.807, 2.05) is 56.3 Å². The first kappa shape index (κ1) is 24.3. The third-order valence-electron chi connectivity index (χ3n) is 7.21. The number of aromatic nitrogens is 2. The summed E-state index contributed by atoms with van der Waals surface area (Å²) in [6, 6.07) is 16.0. The van der Waals surface area contributed by atoms with E-state index < -0.39 is 5.97 Å². The van der Waals surface area contributed by atoms with E-state index in [1.165, 1.54) is 11.3 Å².